The number of allylic oxidation sites excluding steroid dienone is 3. The Morgan fingerprint density at radius 3 is 2.42 bits per heavy atom. The minimum atomic E-state index is -0.177. The predicted molar refractivity (Wildman–Crippen MR) is 133 cm³/mol. The Morgan fingerprint density at radius 1 is 1.03 bits per heavy atom. The quantitative estimate of drug-likeness (QED) is 0.448. The van der Waals surface area contributed by atoms with Crippen LogP contribution in [-0.2, 0) is 0 Å². The highest BCUT2D eigenvalue weighted by Gasteiger charge is 2.67. The molecule has 4 rings (SSSR count). The van der Waals surface area contributed by atoms with E-state index in [-0.39, 0.29) is 11.5 Å². The van der Waals surface area contributed by atoms with Gasteiger partial charge in [-0.15, -0.1) is 0 Å². The van der Waals surface area contributed by atoms with Crippen molar-refractivity contribution in [2.24, 2.45) is 45.3 Å². The number of aliphatic hydroxyl groups excluding tert-OH is 1. The lowest BCUT2D eigenvalue weighted by Gasteiger charge is -2.66. The number of hydrogen-bond acceptors (Lipinski definition) is 1. The van der Waals surface area contributed by atoms with Crippen molar-refractivity contribution < 1.29 is 5.11 Å². The van der Waals surface area contributed by atoms with Crippen LogP contribution in [-0.4, -0.2) is 11.2 Å². The standard InChI is InChI=1S/C30H50O/c1-20(2)10-9-11-21(3)22-16-17-30(8)25-14-12-23-24(13-15-26(31)27(23,4)5)28(25,6)18-19-29(22,30)7/h10,13,21-23,25-26,31H,9,11-12,14-19H2,1-8H3/t21-,22-,23+,25-,26-,28-,29-,30+/m0/s1. The second-order valence-electron chi connectivity index (χ2n) is 13.6. The van der Waals surface area contributed by atoms with Gasteiger partial charge < -0.3 is 5.11 Å². The molecule has 3 saturated carbocycles. The van der Waals surface area contributed by atoms with Gasteiger partial charge in [0.25, 0.3) is 0 Å². The van der Waals surface area contributed by atoms with E-state index in [4.69, 9.17) is 0 Å². The second-order valence-corrected chi connectivity index (χ2v) is 13.6. The van der Waals surface area contributed by atoms with Gasteiger partial charge >= 0.3 is 0 Å². The Labute approximate surface area is 193 Å². The van der Waals surface area contributed by atoms with Crippen molar-refractivity contribution in [1.29, 1.82) is 0 Å². The summed E-state index contributed by atoms with van der Waals surface area (Å²) in [5.41, 5.74) is 4.52. The Bertz CT molecular complexity index is 754. The fourth-order valence-corrected chi connectivity index (χ4v) is 9.46. The van der Waals surface area contributed by atoms with E-state index in [1.54, 1.807) is 5.57 Å². The highest BCUT2D eigenvalue weighted by Crippen LogP contribution is 2.75. The summed E-state index contributed by atoms with van der Waals surface area (Å²) in [5.74, 6) is 3.09. The Kier molecular flexibility index (Phi) is 5.90. The molecule has 1 heteroatoms. The molecular weight excluding hydrogens is 376 g/mol. The summed E-state index contributed by atoms with van der Waals surface area (Å²) in [5, 5.41) is 10.8. The molecule has 176 valence electrons. The summed E-state index contributed by atoms with van der Waals surface area (Å²) in [6, 6.07) is 0. The van der Waals surface area contributed by atoms with Crippen molar-refractivity contribution in [2.75, 3.05) is 0 Å². The zero-order valence-corrected chi connectivity index (χ0v) is 21.9. The molecule has 0 amide bonds. The molecule has 31 heavy (non-hydrogen) atoms. The van der Waals surface area contributed by atoms with E-state index in [1.807, 2.05) is 0 Å². The van der Waals surface area contributed by atoms with Crippen molar-refractivity contribution in [2.45, 2.75) is 119 Å². The van der Waals surface area contributed by atoms with E-state index in [1.165, 1.54) is 56.9 Å². The summed E-state index contributed by atoms with van der Waals surface area (Å²) in [4.78, 5) is 0. The summed E-state index contributed by atoms with van der Waals surface area (Å²) < 4.78 is 0. The molecule has 0 unspecified atom stereocenters. The normalized spacial score (nSPS) is 46.9. The predicted octanol–water partition coefficient (Wildman–Crippen LogP) is 8.34. The first-order chi connectivity index (χ1) is 14.4. The van der Waals surface area contributed by atoms with Gasteiger partial charge in [-0.2, -0.15) is 0 Å². The smallest absolute Gasteiger partial charge is 0.0631 e. The maximum Gasteiger partial charge on any atom is 0.0631 e. The van der Waals surface area contributed by atoms with E-state index in [9.17, 15) is 5.11 Å². The molecule has 1 nitrogen and oxygen atoms in total. The summed E-state index contributed by atoms with van der Waals surface area (Å²) in [7, 11) is 0. The molecule has 8 atom stereocenters. The third kappa shape index (κ3) is 3.34. The molecule has 0 aromatic carbocycles. The van der Waals surface area contributed by atoms with Crippen LogP contribution in [0.2, 0.25) is 0 Å². The third-order valence-corrected chi connectivity index (χ3v) is 11.8. The first-order valence-corrected chi connectivity index (χ1v) is 13.4. The maximum absolute atomic E-state index is 10.8. The van der Waals surface area contributed by atoms with Crippen LogP contribution in [0.5, 0.6) is 0 Å². The van der Waals surface area contributed by atoms with Gasteiger partial charge in [-0.05, 0) is 117 Å². The first-order valence-electron chi connectivity index (χ1n) is 13.4. The topological polar surface area (TPSA) is 20.2 Å². The highest BCUT2D eigenvalue weighted by atomic mass is 16.3. The van der Waals surface area contributed by atoms with Gasteiger partial charge in [-0.1, -0.05) is 64.8 Å². The number of hydrogen-bond donors (Lipinski definition) is 1. The molecule has 0 bridgehead atoms. The molecular formula is C30H50O. The molecule has 4 aliphatic rings. The molecule has 0 aromatic heterocycles. The minimum absolute atomic E-state index is 0.0252. The summed E-state index contributed by atoms with van der Waals surface area (Å²) in [6.45, 7) is 19.7. The number of rotatable bonds is 4. The fourth-order valence-electron chi connectivity index (χ4n) is 9.46. The van der Waals surface area contributed by atoms with Gasteiger partial charge in [0, 0.05) is 0 Å². The Balaban J connectivity index is 1.61. The van der Waals surface area contributed by atoms with E-state index in [2.05, 4.69) is 67.5 Å². The molecule has 0 spiro atoms. The van der Waals surface area contributed by atoms with Gasteiger partial charge in [0.2, 0.25) is 0 Å². The first kappa shape index (κ1) is 23.6. The summed E-state index contributed by atoms with van der Waals surface area (Å²) >= 11 is 0. The lowest BCUT2D eigenvalue weighted by atomic mass is 9.39. The highest BCUT2D eigenvalue weighted by molar-refractivity contribution is 5.31. The van der Waals surface area contributed by atoms with Crippen LogP contribution in [0.4, 0.5) is 0 Å². The van der Waals surface area contributed by atoms with Crippen molar-refractivity contribution in [1.82, 2.24) is 0 Å². The molecule has 0 aliphatic heterocycles. The van der Waals surface area contributed by atoms with Crippen molar-refractivity contribution in [3.05, 3.63) is 23.3 Å². The molecule has 3 fully saturated rings. The van der Waals surface area contributed by atoms with Crippen LogP contribution in [0.15, 0.2) is 23.3 Å². The van der Waals surface area contributed by atoms with Gasteiger partial charge in [-0.25, -0.2) is 0 Å². The zero-order valence-electron chi connectivity index (χ0n) is 21.9. The molecule has 4 aliphatic carbocycles. The lowest BCUT2D eigenvalue weighted by Crippen LogP contribution is -2.58. The second kappa shape index (κ2) is 7.75. The van der Waals surface area contributed by atoms with Gasteiger partial charge in [0.05, 0.1) is 6.10 Å². The zero-order chi connectivity index (χ0) is 22.8. The minimum Gasteiger partial charge on any atom is -0.392 e. The molecule has 0 saturated heterocycles. The van der Waals surface area contributed by atoms with Crippen LogP contribution in [0.25, 0.3) is 0 Å². The van der Waals surface area contributed by atoms with E-state index < -0.39 is 0 Å². The Morgan fingerprint density at radius 2 is 1.74 bits per heavy atom. The van der Waals surface area contributed by atoms with Gasteiger partial charge in [0.1, 0.15) is 0 Å². The average molecular weight is 427 g/mol. The molecule has 0 aromatic rings. The average Bonchev–Trinajstić information content (AvgIpc) is 2.96. The lowest BCUT2D eigenvalue weighted by molar-refractivity contribution is -0.131. The van der Waals surface area contributed by atoms with Crippen LogP contribution in [0.3, 0.4) is 0 Å². The molecule has 0 radical (unpaired) electrons. The van der Waals surface area contributed by atoms with Crippen LogP contribution in [0, 0.1) is 45.3 Å². The molecule has 0 heterocycles. The van der Waals surface area contributed by atoms with E-state index in [0.29, 0.717) is 22.2 Å². The largest absolute Gasteiger partial charge is 0.392 e. The monoisotopic (exact) mass is 426 g/mol. The SMILES string of the molecule is CC(C)=CCC[C@H](C)[C@@H]1CC[C@]2(C)[C@H]3CC[C@@H]4C(=CC[C@H](O)C4(C)C)[C@]3(C)CC[C@@]12C. The van der Waals surface area contributed by atoms with Crippen molar-refractivity contribution in [3.8, 4) is 0 Å². The molecule has 1 N–H and O–H groups in total. The number of fused-ring (bicyclic) bond motifs is 5. The Hall–Kier alpha value is -0.560. The van der Waals surface area contributed by atoms with Crippen LogP contribution < -0.4 is 0 Å². The van der Waals surface area contributed by atoms with Gasteiger partial charge in [0.15, 0.2) is 0 Å². The maximum atomic E-state index is 10.8. The van der Waals surface area contributed by atoms with Crippen LogP contribution >= 0.6 is 0 Å². The van der Waals surface area contributed by atoms with Gasteiger partial charge in [-0.3, -0.25) is 0 Å². The fraction of sp³-hybridized carbons (Fsp3) is 0.867. The van der Waals surface area contributed by atoms with E-state index in [0.717, 1.165) is 24.2 Å². The van der Waals surface area contributed by atoms with Crippen molar-refractivity contribution in [3.63, 3.8) is 0 Å². The number of aliphatic hydroxyl groups is 1. The van der Waals surface area contributed by atoms with Crippen LogP contribution in [0.1, 0.15) is 113 Å². The van der Waals surface area contributed by atoms with E-state index >= 15 is 0 Å². The third-order valence-electron chi connectivity index (χ3n) is 11.8. The van der Waals surface area contributed by atoms with Crippen molar-refractivity contribution >= 4 is 0 Å². The summed E-state index contributed by atoms with van der Waals surface area (Å²) in [6.07, 6.45) is 16.5.